The molecule has 0 radical (unpaired) electrons. The van der Waals surface area contributed by atoms with Gasteiger partial charge in [0.1, 0.15) is 22.9 Å². The van der Waals surface area contributed by atoms with Gasteiger partial charge in [0.25, 0.3) is 0 Å². The number of carbonyl (C=O) groups excluding carboxylic acids is 2. The van der Waals surface area contributed by atoms with E-state index in [1.807, 2.05) is 44.8 Å². The first-order chi connectivity index (χ1) is 20.4. The zero-order chi connectivity index (χ0) is 30.9. The number of hydrogen-bond acceptors (Lipinski definition) is 8. The molecule has 1 aliphatic rings. The average Bonchev–Trinajstić information content (AvgIpc) is 3.33. The summed E-state index contributed by atoms with van der Waals surface area (Å²) in [4.78, 5) is 37.1. The summed E-state index contributed by atoms with van der Waals surface area (Å²) < 4.78 is 28.3. The van der Waals surface area contributed by atoms with Crippen LogP contribution in [0.3, 0.4) is 0 Å². The van der Waals surface area contributed by atoms with Gasteiger partial charge in [0, 0.05) is 47.8 Å². The number of ketones is 1. The number of rotatable bonds is 7. The minimum atomic E-state index is -0.595. The lowest BCUT2D eigenvalue weighted by atomic mass is 9.98. The van der Waals surface area contributed by atoms with Gasteiger partial charge in [-0.1, -0.05) is 6.07 Å². The molecule has 12 heteroatoms. The second kappa shape index (κ2) is 12.4. The van der Waals surface area contributed by atoms with E-state index >= 15 is 0 Å². The number of aryl methyl sites for hydroxylation is 1. The summed E-state index contributed by atoms with van der Waals surface area (Å²) in [6.07, 6.45) is 4.54. The Hall–Kier alpha value is -3.81. The second-order valence-electron chi connectivity index (χ2n) is 11.5. The predicted molar refractivity (Wildman–Crippen MR) is 170 cm³/mol. The molecule has 1 aliphatic heterocycles. The molecule has 1 amide bonds. The first-order valence-corrected chi connectivity index (χ1v) is 15.1. The van der Waals surface area contributed by atoms with Gasteiger partial charge in [-0.3, -0.25) is 9.48 Å². The number of nitrogens with one attached hydrogen (secondary N) is 1. The highest BCUT2D eigenvalue weighted by atomic mass is 127. The number of alkyl carbamates (subject to hydrolysis) is 1. The Morgan fingerprint density at radius 3 is 2.77 bits per heavy atom. The highest BCUT2D eigenvalue weighted by Crippen LogP contribution is 2.37. The molecule has 0 aliphatic carbocycles. The van der Waals surface area contributed by atoms with E-state index in [2.05, 4.69) is 47.9 Å². The van der Waals surface area contributed by atoms with Gasteiger partial charge in [0.2, 0.25) is 0 Å². The minimum Gasteiger partial charge on any atom is -0.496 e. The number of methoxy groups -OCH3 is 1. The van der Waals surface area contributed by atoms with Crippen LogP contribution in [0.1, 0.15) is 49.7 Å². The number of halogens is 2. The SMILES string of the molecule is COc1cccc(F)c1-c1nccc(C(=O)Cc2cc(I)c3c(cnn3C)c2N2CCC[C@@H](NC(=O)OC(C)(C)C)C2)n1. The molecule has 1 N–H and O–H groups in total. The molecule has 0 bridgehead atoms. The molecule has 5 rings (SSSR count). The van der Waals surface area contributed by atoms with E-state index in [4.69, 9.17) is 9.47 Å². The van der Waals surface area contributed by atoms with E-state index in [9.17, 15) is 14.0 Å². The summed E-state index contributed by atoms with van der Waals surface area (Å²) in [7, 11) is 3.33. The maximum atomic E-state index is 14.8. The van der Waals surface area contributed by atoms with Crippen molar-refractivity contribution in [3.63, 3.8) is 0 Å². The van der Waals surface area contributed by atoms with Crippen LogP contribution in [0.4, 0.5) is 14.9 Å². The van der Waals surface area contributed by atoms with Gasteiger partial charge in [-0.05, 0) is 86.0 Å². The van der Waals surface area contributed by atoms with Gasteiger partial charge in [-0.2, -0.15) is 5.10 Å². The Morgan fingerprint density at radius 1 is 1.23 bits per heavy atom. The maximum Gasteiger partial charge on any atom is 0.407 e. The molecule has 3 heterocycles. The minimum absolute atomic E-state index is 0.0572. The number of Topliss-reactive ketones (excluding diaryl/α,β-unsaturated/α-hetero) is 1. The molecule has 0 unspecified atom stereocenters. The molecular weight excluding hydrogens is 666 g/mol. The predicted octanol–water partition coefficient (Wildman–Crippen LogP) is 5.70. The summed E-state index contributed by atoms with van der Waals surface area (Å²) >= 11 is 2.27. The Kier molecular flexibility index (Phi) is 8.86. The molecule has 10 nitrogen and oxygen atoms in total. The third-order valence-electron chi connectivity index (χ3n) is 7.19. The van der Waals surface area contributed by atoms with Crippen LogP contribution in [-0.4, -0.2) is 63.5 Å². The van der Waals surface area contributed by atoms with E-state index in [1.54, 1.807) is 12.1 Å². The van der Waals surface area contributed by atoms with Gasteiger partial charge in [0.15, 0.2) is 11.6 Å². The number of aromatic nitrogens is 4. The van der Waals surface area contributed by atoms with Crippen LogP contribution in [0.2, 0.25) is 0 Å². The molecule has 43 heavy (non-hydrogen) atoms. The molecule has 2 aromatic carbocycles. The van der Waals surface area contributed by atoms with E-state index in [-0.39, 0.29) is 41.1 Å². The molecule has 4 aromatic rings. The number of nitrogens with zero attached hydrogens (tertiary/aromatic N) is 5. The van der Waals surface area contributed by atoms with Crippen LogP contribution in [0, 0.1) is 9.39 Å². The third kappa shape index (κ3) is 6.73. The third-order valence-corrected chi connectivity index (χ3v) is 8.02. The van der Waals surface area contributed by atoms with Gasteiger partial charge in [0.05, 0.1) is 30.1 Å². The first kappa shape index (κ1) is 30.6. The average molecular weight is 701 g/mol. The van der Waals surface area contributed by atoms with Crippen molar-refractivity contribution in [2.45, 2.75) is 51.7 Å². The Balaban J connectivity index is 1.48. The van der Waals surface area contributed by atoms with E-state index < -0.39 is 17.5 Å². The highest BCUT2D eigenvalue weighted by Gasteiger charge is 2.29. The maximum absolute atomic E-state index is 14.8. The Bertz CT molecular complexity index is 1690. The fourth-order valence-corrected chi connectivity index (χ4v) is 6.44. The number of benzene rings is 2. The molecule has 0 spiro atoms. The van der Waals surface area contributed by atoms with Crippen LogP contribution < -0.4 is 15.0 Å². The van der Waals surface area contributed by atoms with Crippen LogP contribution in [-0.2, 0) is 18.2 Å². The topological polar surface area (TPSA) is 111 Å². The lowest BCUT2D eigenvalue weighted by Gasteiger charge is -2.36. The van der Waals surface area contributed by atoms with E-state index in [1.165, 1.54) is 25.4 Å². The number of carbonyl (C=O) groups is 2. The fraction of sp³-hybridized carbons (Fsp3) is 0.387. The number of fused-ring (bicyclic) bond motifs is 1. The van der Waals surface area contributed by atoms with Crippen molar-refractivity contribution in [2.24, 2.45) is 7.05 Å². The van der Waals surface area contributed by atoms with Crippen LogP contribution in [0.5, 0.6) is 5.75 Å². The first-order valence-electron chi connectivity index (χ1n) is 14.0. The number of ether oxygens (including phenoxy) is 2. The summed E-state index contributed by atoms with van der Waals surface area (Å²) in [5.41, 5.74) is 2.36. The summed E-state index contributed by atoms with van der Waals surface area (Å²) in [6, 6.07) is 7.88. The number of hydrogen-bond donors (Lipinski definition) is 1. The van der Waals surface area contributed by atoms with Crippen LogP contribution >= 0.6 is 22.6 Å². The van der Waals surface area contributed by atoms with Crippen molar-refractivity contribution in [3.05, 3.63) is 63.4 Å². The molecule has 1 fully saturated rings. The molecular formula is C31H34FIN6O4. The van der Waals surface area contributed by atoms with E-state index in [0.29, 0.717) is 6.54 Å². The van der Waals surface area contributed by atoms with Crippen molar-refractivity contribution in [3.8, 4) is 17.1 Å². The molecule has 226 valence electrons. The Morgan fingerprint density at radius 2 is 2.02 bits per heavy atom. The normalized spacial score (nSPS) is 15.4. The lowest BCUT2D eigenvalue weighted by molar-refractivity contribution is 0.0500. The molecule has 0 saturated carbocycles. The van der Waals surface area contributed by atoms with Gasteiger partial charge in [-0.15, -0.1) is 0 Å². The summed E-state index contributed by atoms with van der Waals surface area (Å²) in [5.74, 6) is -0.421. The molecule has 2 aromatic heterocycles. The second-order valence-corrected chi connectivity index (χ2v) is 12.7. The Labute approximate surface area is 263 Å². The number of amides is 1. The largest absolute Gasteiger partial charge is 0.496 e. The quantitative estimate of drug-likeness (QED) is 0.193. The van der Waals surface area contributed by atoms with Crippen molar-refractivity contribution in [2.75, 3.05) is 25.1 Å². The monoisotopic (exact) mass is 700 g/mol. The highest BCUT2D eigenvalue weighted by molar-refractivity contribution is 14.1. The van der Waals surface area contributed by atoms with Gasteiger partial charge >= 0.3 is 6.09 Å². The summed E-state index contributed by atoms with van der Waals surface area (Å²) in [6.45, 7) is 6.81. The van der Waals surface area contributed by atoms with E-state index in [0.717, 1.165) is 45.1 Å². The number of anilines is 1. The fourth-order valence-electron chi connectivity index (χ4n) is 5.43. The molecule has 1 saturated heterocycles. The van der Waals surface area contributed by atoms with Crippen molar-refractivity contribution < 1.29 is 23.5 Å². The smallest absolute Gasteiger partial charge is 0.407 e. The summed E-state index contributed by atoms with van der Waals surface area (Å²) in [5, 5.41) is 8.45. The lowest BCUT2D eigenvalue weighted by Crippen LogP contribution is -2.49. The van der Waals surface area contributed by atoms with Crippen molar-refractivity contribution in [1.29, 1.82) is 0 Å². The standard InChI is InChI=1S/C31H34FIN6O4/c1-31(2,3)43-30(41)36-19-8-7-13-39(17-19)27-18(14-22(33)28-20(27)16-35-38(28)4)15-24(40)23-11-12-34-29(37-23)26-21(32)9-6-10-25(26)42-5/h6,9-12,14,16,19H,7-8,13,15,17H2,1-5H3,(H,36,41)/t19-/m1/s1. The van der Waals surface area contributed by atoms with Crippen LogP contribution in [0.25, 0.3) is 22.3 Å². The zero-order valence-electron chi connectivity index (χ0n) is 24.8. The van der Waals surface area contributed by atoms with Crippen LogP contribution in [0.15, 0.2) is 42.7 Å². The van der Waals surface area contributed by atoms with Gasteiger partial charge in [-0.25, -0.2) is 19.2 Å². The van der Waals surface area contributed by atoms with Gasteiger partial charge < -0.3 is 19.7 Å². The zero-order valence-corrected chi connectivity index (χ0v) is 26.9. The van der Waals surface area contributed by atoms with Crippen molar-refractivity contribution in [1.82, 2.24) is 25.1 Å². The number of piperidine rings is 1. The van der Waals surface area contributed by atoms with Crippen molar-refractivity contribution >= 4 is 51.1 Å². The molecule has 1 atom stereocenters.